The number of nitrogens with zero attached hydrogens (tertiary/aromatic N) is 3. The largest absolute Gasteiger partial charge is 0.484 e. The zero-order chi connectivity index (χ0) is 17.6. The highest BCUT2D eigenvalue weighted by Gasteiger charge is 2.17. The van der Waals surface area contributed by atoms with Crippen LogP contribution in [-0.4, -0.2) is 35.6 Å². The summed E-state index contributed by atoms with van der Waals surface area (Å²) in [6.45, 7) is 6.18. The van der Waals surface area contributed by atoms with Crippen molar-refractivity contribution in [1.29, 1.82) is 0 Å². The van der Waals surface area contributed by atoms with Gasteiger partial charge in [0.25, 0.3) is 5.91 Å². The highest BCUT2D eigenvalue weighted by molar-refractivity contribution is 5.91. The van der Waals surface area contributed by atoms with E-state index in [0.717, 1.165) is 43.2 Å². The summed E-state index contributed by atoms with van der Waals surface area (Å²) >= 11 is 0. The van der Waals surface area contributed by atoms with Crippen LogP contribution in [0.2, 0.25) is 0 Å². The summed E-state index contributed by atoms with van der Waals surface area (Å²) in [5, 5.41) is 2.77. The van der Waals surface area contributed by atoms with Crippen LogP contribution in [-0.2, 0) is 4.79 Å². The van der Waals surface area contributed by atoms with Crippen LogP contribution >= 0.6 is 0 Å². The Hall–Kier alpha value is -2.63. The van der Waals surface area contributed by atoms with Crippen LogP contribution in [0.1, 0.15) is 25.3 Å². The number of ether oxygens (including phenoxy) is 1. The van der Waals surface area contributed by atoms with E-state index in [1.54, 1.807) is 0 Å². The molecule has 1 aliphatic rings. The van der Waals surface area contributed by atoms with E-state index in [4.69, 9.17) is 4.74 Å². The third-order valence-electron chi connectivity index (χ3n) is 4.39. The maximum Gasteiger partial charge on any atom is 0.263 e. The molecule has 1 amide bonds. The number of carbonyl (C=O) groups excluding carboxylic acids is 1. The molecule has 0 unspecified atom stereocenters. The molecule has 1 aromatic heterocycles. The molecule has 132 valence electrons. The zero-order valence-corrected chi connectivity index (χ0v) is 14.7. The predicted octanol–water partition coefficient (Wildman–Crippen LogP) is 3.04. The number of benzene rings is 1. The Balaban J connectivity index is 1.55. The van der Waals surface area contributed by atoms with E-state index in [1.807, 2.05) is 37.3 Å². The number of anilines is 2. The van der Waals surface area contributed by atoms with Crippen molar-refractivity contribution >= 4 is 17.5 Å². The lowest BCUT2D eigenvalue weighted by Crippen LogP contribution is -2.33. The Kier molecular flexibility index (Phi) is 5.48. The van der Waals surface area contributed by atoms with E-state index < -0.39 is 0 Å². The first-order valence-corrected chi connectivity index (χ1v) is 8.66. The minimum atomic E-state index is -0.238. The number of aryl methyl sites for hydroxylation is 1. The second-order valence-electron chi connectivity index (χ2n) is 6.58. The standard InChI is InChI=1S/C19H24N4O2/c1-14-6-8-23(9-7-14)18-11-17(20-13-21-18)22-19(24)12-25-16-5-3-4-15(2)10-16/h3-5,10-11,13-14H,6-9,12H2,1-2H3,(H,20,21,22,24). The van der Waals surface area contributed by atoms with Crippen molar-refractivity contribution in [3.05, 3.63) is 42.2 Å². The van der Waals surface area contributed by atoms with Gasteiger partial charge in [-0.1, -0.05) is 19.1 Å². The molecule has 0 spiro atoms. The first-order valence-electron chi connectivity index (χ1n) is 8.66. The summed E-state index contributed by atoms with van der Waals surface area (Å²) in [6.07, 6.45) is 3.82. The smallest absolute Gasteiger partial charge is 0.263 e. The van der Waals surface area contributed by atoms with Crippen molar-refractivity contribution in [3.8, 4) is 5.75 Å². The van der Waals surface area contributed by atoms with Crippen LogP contribution in [0.3, 0.4) is 0 Å². The Morgan fingerprint density at radius 1 is 1.28 bits per heavy atom. The third kappa shape index (κ3) is 4.92. The fourth-order valence-electron chi connectivity index (χ4n) is 2.86. The Morgan fingerprint density at radius 2 is 2.08 bits per heavy atom. The minimum Gasteiger partial charge on any atom is -0.484 e. The van der Waals surface area contributed by atoms with Crippen LogP contribution < -0.4 is 15.0 Å². The van der Waals surface area contributed by atoms with Gasteiger partial charge in [0.2, 0.25) is 0 Å². The van der Waals surface area contributed by atoms with E-state index in [-0.39, 0.29) is 12.5 Å². The molecule has 0 atom stereocenters. The summed E-state index contributed by atoms with van der Waals surface area (Å²) < 4.78 is 5.51. The molecule has 1 N–H and O–H groups in total. The SMILES string of the molecule is Cc1cccc(OCC(=O)Nc2cc(N3CCC(C)CC3)ncn2)c1. The van der Waals surface area contributed by atoms with E-state index in [9.17, 15) is 4.79 Å². The maximum atomic E-state index is 12.1. The first-order chi connectivity index (χ1) is 12.1. The van der Waals surface area contributed by atoms with Gasteiger partial charge in [-0.25, -0.2) is 9.97 Å². The normalized spacial score (nSPS) is 15.0. The molecule has 0 radical (unpaired) electrons. The Labute approximate surface area is 148 Å². The number of nitrogens with one attached hydrogen (secondary N) is 1. The number of hydrogen-bond donors (Lipinski definition) is 1. The number of carbonyl (C=O) groups is 1. The van der Waals surface area contributed by atoms with Gasteiger partial charge in [0.1, 0.15) is 23.7 Å². The van der Waals surface area contributed by atoms with E-state index >= 15 is 0 Å². The van der Waals surface area contributed by atoms with Crippen LogP contribution in [0, 0.1) is 12.8 Å². The fourth-order valence-corrected chi connectivity index (χ4v) is 2.86. The van der Waals surface area contributed by atoms with Gasteiger partial charge in [-0.15, -0.1) is 0 Å². The number of piperidine rings is 1. The molecular weight excluding hydrogens is 316 g/mol. The van der Waals surface area contributed by atoms with Crippen molar-refractivity contribution in [3.63, 3.8) is 0 Å². The summed E-state index contributed by atoms with van der Waals surface area (Å²) in [6, 6.07) is 9.43. The van der Waals surface area contributed by atoms with Gasteiger partial charge in [0.15, 0.2) is 6.61 Å². The molecule has 0 bridgehead atoms. The van der Waals surface area contributed by atoms with Crippen molar-refractivity contribution < 1.29 is 9.53 Å². The molecule has 0 aliphatic carbocycles. The lowest BCUT2D eigenvalue weighted by atomic mass is 9.99. The van der Waals surface area contributed by atoms with Crippen molar-refractivity contribution in [2.45, 2.75) is 26.7 Å². The summed E-state index contributed by atoms with van der Waals surface area (Å²) in [5.74, 6) is 2.56. The Bertz CT molecular complexity index is 727. The molecule has 3 rings (SSSR count). The first kappa shape index (κ1) is 17.2. The van der Waals surface area contributed by atoms with Crippen molar-refractivity contribution in [2.75, 3.05) is 29.9 Å². The van der Waals surface area contributed by atoms with Crippen molar-refractivity contribution in [2.24, 2.45) is 5.92 Å². The molecule has 2 aromatic rings. The molecule has 1 saturated heterocycles. The van der Waals surface area contributed by atoms with E-state index in [0.29, 0.717) is 11.6 Å². The van der Waals surface area contributed by atoms with E-state index in [1.165, 1.54) is 6.33 Å². The monoisotopic (exact) mass is 340 g/mol. The summed E-state index contributed by atoms with van der Waals surface area (Å²) in [7, 11) is 0. The zero-order valence-electron chi connectivity index (χ0n) is 14.7. The van der Waals surface area contributed by atoms with Gasteiger partial charge in [-0.2, -0.15) is 0 Å². The average Bonchev–Trinajstić information content (AvgIpc) is 2.61. The van der Waals surface area contributed by atoms with Crippen LogP contribution in [0.15, 0.2) is 36.7 Å². The molecular formula is C19H24N4O2. The van der Waals surface area contributed by atoms with Crippen LogP contribution in [0.4, 0.5) is 11.6 Å². The lowest BCUT2D eigenvalue weighted by molar-refractivity contribution is -0.118. The molecule has 0 saturated carbocycles. The van der Waals surface area contributed by atoms with Crippen LogP contribution in [0.25, 0.3) is 0 Å². The number of rotatable bonds is 5. The van der Waals surface area contributed by atoms with Gasteiger partial charge in [-0.3, -0.25) is 4.79 Å². The molecule has 1 aliphatic heterocycles. The van der Waals surface area contributed by atoms with E-state index in [2.05, 4.69) is 27.1 Å². The molecule has 25 heavy (non-hydrogen) atoms. The quantitative estimate of drug-likeness (QED) is 0.906. The summed E-state index contributed by atoms with van der Waals surface area (Å²) in [4.78, 5) is 22.8. The van der Waals surface area contributed by atoms with Gasteiger partial charge in [-0.05, 0) is 43.4 Å². The minimum absolute atomic E-state index is 0.0516. The molecule has 6 heteroatoms. The Morgan fingerprint density at radius 3 is 2.84 bits per heavy atom. The average molecular weight is 340 g/mol. The highest BCUT2D eigenvalue weighted by atomic mass is 16.5. The second kappa shape index (κ2) is 7.96. The van der Waals surface area contributed by atoms with Gasteiger partial charge < -0.3 is 15.0 Å². The van der Waals surface area contributed by atoms with Crippen molar-refractivity contribution in [1.82, 2.24) is 9.97 Å². The fraction of sp³-hybridized carbons (Fsp3) is 0.421. The molecule has 2 heterocycles. The lowest BCUT2D eigenvalue weighted by Gasteiger charge is -2.31. The second-order valence-corrected chi connectivity index (χ2v) is 6.58. The predicted molar refractivity (Wildman–Crippen MR) is 97.9 cm³/mol. The van der Waals surface area contributed by atoms with Gasteiger partial charge >= 0.3 is 0 Å². The number of amides is 1. The summed E-state index contributed by atoms with van der Waals surface area (Å²) in [5.41, 5.74) is 1.09. The topological polar surface area (TPSA) is 67.3 Å². The molecule has 1 fully saturated rings. The maximum absolute atomic E-state index is 12.1. The number of aromatic nitrogens is 2. The molecule has 6 nitrogen and oxygen atoms in total. The van der Waals surface area contributed by atoms with Crippen LogP contribution in [0.5, 0.6) is 5.75 Å². The van der Waals surface area contributed by atoms with Gasteiger partial charge in [0.05, 0.1) is 0 Å². The number of hydrogen-bond acceptors (Lipinski definition) is 5. The van der Waals surface area contributed by atoms with Gasteiger partial charge in [0, 0.05) is 19.2 Å². The highest BCUT2D eigenvalue weighted by Crippen LogP contribution is 2.22. The third-order valence-corrected chi connectivity index (χ3v) is 4.39. The molecule has 1 aromatic carbocycles.